The van der Waals surface area contributed by atoms with Gasteiger partial charge in [0.15, 0.2) is 0 Å². The van der Waals surface area contributed by atoms with Gasteiger partial charge in [0.25, 0.3) is 0 Å². The topological polar surface area (TPSA) is 110 Å². The first kappa shape index (κ1) is 13.8. The summed E-state index contributed by atoms with van der Waals surface area (Å²) in [6.07, 6.45) is 0. The minimum atomic E-state index is -1.16. The maximum absolute atomic E-state index is 10.9. The van der Waals surface area contributed by atoms with Gasteiger partial charge in [-0.25, -0.2) is 4.79 Å². The van der Waals surface area contributed by atoms with Crippen LogP contribution in [0.15, 0.2) is 18.2 Å². The molecule has 0 saturated carbocycles. The number of carboxylic acid groups (broad SMARTS) is 2. The second-order valence-electron chi connectivity index (χ2n) is 4.53. The lowest BCUT2D eigenvalue weighted by Gasteiger charge is -2.19. The fraction of sp³-hybridized carbons (Fsp3) is 0.333. The molecule has 0 aliphatic heterocycles. The fourth-order valence-corrected chi connectivity index (χ4v) is 1.14. The molecule has 0 bridgehead atoms. The average Bonchev–Trinajstić information content (AvgIpc) is 2.27. The van der Waals surface area contributed by atoms with Crippen LogP contribution in [0.2, 0.25) is 0 Å². The zero-order valence-corrected chi connectivity index (χ0v) is 10.1. The molecule has 6 heteroatoms. The largest absolute Gasteiger partial charge is 0.492 e. The van der Waals surface area contributed by atoms with Crippen molar-refractivity contribution in [3.05, 3.63) is 23.8 Å². The van der Waals surface area contributed by atoms with Gasteiger partial charge in [-0.3, -0.25) is 4.79 Å². The standard InChI is InChI=1S/C12H15NO5/c1-12(2,11(16)17)6-18-7-3-4-9(13)8(5-7)10(14)15/h3-5H,6,13H2,1-2H3,(H,14,15)(H,16,17). The highest BCUT2D eigenvalue weighted by molar-refractivity contribution is 5.94. The van der Waals surface area contributed by atoms with Crippen molar-refractivity contribution in [1.29, 1.82) is 0 Å². The maximum Gasteiger partial charge on any atom is 0.337 e. The summed E-state index contributed by atoms with van der Waals surface area (Å²) in [6.45, 7) is 2.97. The lowest BCUT2D eigenvalue weighted by atomic mass is 9.95. The summed E-state index contributed by atoms with van der Waals surface area (Å²) in [5.41, 5.74) is 4.50. The predicted molar refractivity (Wildman–Crippen MR) is 64.7 cm³/mol. The summed E-state index contributed by atoms with van der Waals surface area (Å²) in [7, 11) is 0. The van der Waals surface area contributed by atoms with Gasteiger partial charge < -0.3 is 20.7 Å². The molecule has 4 N–H and O–H groups in total. The molecule has 1 aromatic rings. The van der Waals surface area contributed by atoms with Crippen molar-refractivity contribution in [3.8, 4) is 5.75 Å². The van der Waals surface area contributed by atoms with E-state index in [9.17, 15) is 9.59 Å². The third kappa shape index (κ3) is 3.13. The van der Waals surface area contributed by atoms with Gasteiger partial charge >= 0.3 is 11.9 Å². The second kappa shape index (κ2) is 4.95. The Kier molecular flexibility index (Phi) is 3.80. The van der Waals surface area contributed by atoms with E-state index in [0.29, 0.717) is 0 Å². The molecule has 0 saturated heterocycles. The van der Waals surface area contributed by atoms with Crippen molar-refractivity contribution in [2.75, 3.05) is 12.3 Å². The van der Waals surface area contributed by atoms with Gasteiger partial charge in [0, 0.05) is 5.69 Å². The molecule has 1 rings (SSSR count). The van der Waals surface area contributed by atoms with E-state index in [1.165, 1.54) is 32.0 Å². The molecule has 6 nitrogen and oxygen atoms in total. The SMILES string of the molecule is CC(C)(COc1ccc(N)c(C(=O)O)c1)C(=O)O. The van der Waals surface area contributed by atoms with Crippen molar-refractivity contribution in [1.82, 2.24) is 0 Å². The van der Waals surface area contributed by atoms with Crippen LogP contribution in [0.5, 0.6) is 5.75 Å². The number of nitrogen functional groups attached to an aromatic ring is 1. The number of rotatable bonds is 5. The molecule has 18 heavy (non-hydrogen) atoms. The number of carbonyl (C=O) groups is 2. The molecular weight excluding hydrogens is 238 g/mol. The quantitative estimate of drug-likeness (QED) is 0.685. The van der Waals surface area contributed by atoms with E-state index in [0.717, 1.165) is 0 Å². The van der Waals surface area contributed by atoms with Crippen LogP contribution in [-0.2, 0) is 4.79 Å². The summed E-state index contributed by atoms with van der Waals surface area (Å²) in [4.78, 5) is 21.7. The number of aromatic carboxylic acids is 1. The van der Waals surface area contributed by atoms with E-state index in [4.69, 9.17) is 20.7 Å². The summed E-state index contributed by atoms with van der Waals surface area (Å²) in [5.74, 6) is -1.87. The van der Waals surface area contributed by atoms with Crippen LogP contribution in [0.25, 0.3) is 0 Å². The van der Waals surface area contributed by atoms with Crippen LogP contribution in [0, 0.1) is 5.41 Å². The molecule has 0 amide bonds. The second-order valence-corrected chi connectivity index (χ2v) is 4.53. The Bertz CT molecular complexity index is 481. The highest BCUT2D eigenvalue weighted by Crippen LogP contribution is 2.22. The van der Waals surface area contributed by atoms with Crippen LogP contribution in [0.1, 0.15) is 24.2 Å². The first-order chi connectivity index (χ1) is 8.24. The van der Waals surface area contributed by atoms with Gasteiger partial charge in [-0.15, -0.1) is 0 Å². The minimum absolute atomic E-state index is 0.0642. The van der Waals surface area contributed by atoms with Gasteiger partial charge in [0.05, 0.1) is 11.0 Å². The normalized spacial score (nSPS) is 11.0. The Hall–Kier alpha value is -2.24. The molecule has 0 fully saturated rings. The molecule has 0 heterocycles. The number of nitrogens with two attached hydrogens (primary N) is 1. The van der Waals surface area contributed by atoms with Crippen LogP contribution in [-0.4, -0.2) is 28.8 Å². The first-order valence-electron chi connectivity index (χ1n) is 5.23. The van der Waals surface area contributed by atoms with Gasteiger partial charge in [-0.1, -0.05) is 0 Å². The summed E-state index contributed by atoms with van der Waals surface area (Å²) >= 11 is 0. The monoisotopic (exact) mass is 253 g/mol. The molecule has 0 unspecified atom stereocenters. The van der Waals surface area contributed by atoms with Gasteiger partial charge in [-0.2, -0.15) is 0 Å². The van der Waals surface area contributed by atoms with E-state index in [1.807, 2.05) is 0 Å². The Labute approximate surface area is 104 Å². The van der Waals surface area contributed by atoms with E-state index >= 15 is 0 Å². The Morgan fingerprint density at radius 2 is 1.94 bits per heavy atom. The number of hydrogen-bond acceptors (Lipinski definition) is 4. The maximum atomic E-state index is 10.9. The van der Waals surface area contributed by atoms with Crippen LogP contribution < -0.4 is 10.5 Å². The molecule has 0 aliphatic rings. The van der Waals surface area contributed by atoms with Crippen molar-refractivity contribution in [2.24, 2.45) is 5.41 Å². The zero-order chi connectivity index (χ0) is 13.9. The minimum Gasteiger partial charge on any atom is -0.492 e. The summed E-state index contributed by atoms with van der Waals surface area (Å²) in [6, 6.07) is 4.18. The molecule has 98 valence electrons. The summed E-state index contributed by atoms with van der Waals surface area (Å²) in [5, 5.41) is 17.8. The van der Waals surface area contributed by atoms with Gasteiger partial charge in [-0.05, 0) is 32.0 Å². The third-order valence-corrected chi connectivity index (χ3v) is 2.43. The highest BCUT2D eigenvalue weighted by Gasteiger charge is 2.28. The molecule has 0 spiro atoms. The fourth-order valence-electron chi connectivity index (χ4n) is 1.14. The Morgan fingerprint density at radius 1 is 1.33 bits per heavy atom. The number of ether oxygens (including phenoxy) is 1. The lowest BCUT2D eigenvalue weighted by molar-refractivity contribution is -0.148. The summed E-state index contributed by atoms with van der Waals surface area (Å²) < 4.78 is 5.28. The number of hydrogen-bond donors (Lipinski definition) is 3. The number of benzene rings is 1. The van der Waals surface area contributed by atoms with Crippen LogP contribution in [0.3, 0.4) is 0 Å². The zero-order valence-electron chi connectivity index (χ0n) is 10.1. The Balaban J connectivity index is 2.84. The van der Waals surface area contributed by atoms with Gasteiger partial charge in [0.2, 0.25) is 0 Å². The van der Waals surface area contributed by atoms with E-state index in [2.05, 4.69) is 0 Å². The average molecular weight is 253 g/mol. The predicted octanol–water partition coefficient (Wildman–Crippen LogP) is 1.46. The number of aliphatic carboxylic acids is 1. The lowest BCUT2D eigenvalue weighted by Crippen LogP contribution is -2.30. The Morgan fingerprint density at radius 3 is 2.44 bits per heavy atom. The molecule has 0 atom stereocenters. The highest BCUT2D eigenvalue weighted by atomic mass is 16.5. The first-order valence-corrected chi connectivity index (χ1v) is 5.23. The number of anilines is 1. The molecular formula is C12H15NO5. The van der Waals surface area contributed by atoms with Crippen molar-refractivity contribution >= 4 is 17.6 Å². The molecule has 0 radical (unpaired) electrons. The molecule has 0 aromatic heterocycles. The number of carboxylic acids is 2. The molecule has 0 aliphatic carbocycles. The van der Waals surface area contributed by atoms with E-state index in [-0.39, 0.29) is 23.6 Å². The van der Waals surface area contributed by atoms with Crippen LogP contribution in [0.4, 0.5) is 5.69 Å². The van der Waals surface area contributed by atoms with E-state index in [1.54, 1.807) is 0 Å². The van der Waals surface area contributed by atoms with Crippen LogP contribution >= 0.6 is 0 Å². The van der Waals surface area contributed by atoms with Crippen molar-refractivity contribution in [3.63, 3.8) is 0 Å². The third-order valence-electron chi connectivity index (χ3n) is 2.43. The molecule has 1 aromatic carbocycles. The van der Waals surface area contributed by atoms with Gasteiger partial charge in [0.1, 0.15) is 12.4 Å². The van der Waals surface area contributed by atoms with E-state index < -0.39 is 17.4 Å². The van der Waals surface area contributed by atoms with Crippen molar-refractivity contribution < 1.29 is 24.5 Å². The van der Waals surface area contributed by atoms with Crippen molar-refractivity contribution in [2.45, 2.75) is 13.8 Å². The smallest absolute Gasteiger partial charge is 0.337 e.